The Balaban J connectivity index is 2.19. The maximum Gasteiger partial charge on any atom is 0.371 e. The number of primary amides is 1. The summed E-state index contributed by atoms with van der Waals surface area (Å²) >= 11 is 0. The molecule has 0 radical (unpaired) electrons. The molecule has 110 valence electrons. The number of furan rings is 1. The number of pyridine rings is 1. The Morgan fingerprint density at radius 3 is 2.71 bits per heavy atom. The second-order valence-electron chi connectivity index (χ2n) is 4.13. The minimum Gasteiger partial charge on any atom is -0.478 e. The van der Waals surface area contributed by atoms with Crippen LogP contribution < -0.4 is 16.0 Å². The summed E-state index contributed by atoms with van der Waals surface area (Å²) in [4.78, 5) is 33.4. The van der Waals surface area contributed by atoms with Gasteiger partial charge in [-0.15, -0.1) is 0 Å². The van der Waals surface area contributed by atoms with Crippen molar-refractivity contribution in [1.82, 2.24) is 4.57 Å². The predicted octanol–water partition coefficient (Wildman–Crippen LogP) is 0.0519. The van der Waals surface area contributed by atoms with E-state index in [0.29, 0.717) is 5.76 Å². The first-order valence-electron chi connectivity index (χ1n) is 5.90. The number of hydrogen-bond acceptors (Lipinski definition) is 5. The molecule has 8 nitrogen and oxygen atoms in total. The molecular formula is C13H12N2O6. The lowest BCUT2D eigenvalue weighted by Crippen LogP contribution is -2.26. The number of aromatic nitrogens is 1. The number of carbonyl (C=O) groups is 2. The van der Waals surface area contributed by atoms with E-state index in [1.54, 1.807) is 6.07 Å². The lowest BCUT2D eigenvalue weighted by atomic mass is 10.4. The molecule has 0 saturated carbocycles. The molecule has 0 spiro atoms. The molecule has 0 aliphatic rings. The fourth-order valence-electron chi connectivity index (χ4n) is 1.64. The zero-order chi connectivity index (χ0) is 15.4. The first kappa shape index (κ1) is 14.4. The maximum absolute atomic E-state index is 12.1. The van der Waals surface area contributed by atoms with Crippen molar-refractivity contribution < 1.29 is 23.8 Å². The van der Waals surface area contributed by atoms with Crippen LogP contribution in [-0.4, -0.2) is 28.2 Å². The van der Waals surface area contributed by atoms with E-state index < -0.39 is 24.0 Å². The molecule has 0 fully saturated rings. The highest BCUT2D eigenvalue weighted by Crippen LogP contribution is 2.10. The van der Waals surface area contributed by atoms with E-state index >= 15 is 0 Å². The third-order valence-corrected chi connectivity index (χ3v) is 2.55. The van der Waals surface area contributed by atoms with Crippen LogP contribution in [0.15, 0.2) is 39.7 Å². The van der Waals surface area contributed by atoms with Crippen molar-refractivity contribution in [2.24, 2.45) is 5.73 Å². The Morgan fingerprint density at radius 1 is 1.33 bits per heavy atom. The van der Waals surface area contributed by atoms with Crippen molar-refractivity contribution in [1.29, 1.82) is 0 Å². The molecule has 2 heterocycles. The predicted molar refractivity (Wildman–Crippen MR) is 70.2 cm³/mol. The Hall–Kier alpha value is -3.03. The van der Waals surface area contributed by atoms with Crippen molar-refractivity contribution in [3.63, 3.8) is 0 Å². The molecular weight excluding hydrogens is 280 g/mol. The van der Waals surface area contributed by atoms with Gasteiger partial charge in [0.15, 0.2) is 12.4 Å². The summed E-state index contributed by atoms with van der Waals surface area (Å²) in [6.07, 6.45) is 1.49. The van der Waals surface area contributed by atoms with E-state index in [0.717, 1.165) is 0 Å². The zero-order valence-corrected chi connectivity index (χ0v) is 10.8. The molecule has 0 saturated heterocycles. The minimum atomic E-state index is -1.19. The Kier molecular flexibility index (Phi) is 4.07. The highest BCUT2D eigenvalue weighted by atomic mass is 16.5. The fraction of sp³-hybridized carbons (Fsp3) is 0.154. The highest BCUT2D eigenvalue weighted by molar-refractivity contribution is 5.84. The normalized spacial score (nSPS) is 10.3. The molecule has 2 rings (SSSR count). The average Bonchev–Trinajstić information content (AvgIpc) is 2.88. The van der Waals surface area contributed by atoms with E-state index in [4.69, 9.17) is 20.0 Å². The van der Waals surface area contributed by atoms with Gasteiger partial charge >= 0.3 is 5.97 Å². The molecule has 0 aliphatic heterocycles. The molecule has 3 N–H and O–H groups in total. The molecule has 2 aromatic rings. The van der Waals surface area contributed by atoms with Gasteiger partial charge in [0, 0.05) is 6.20 Å². The lowest BCUT2D eigenvalue weighted by Gasteiger charge is -2.07. The topological polar surface area (TPSA) is 125 Å². The number of carboxylic acids is 1. The van der Waals surface area contributed by atoms with Gasteiger partial charge in [-0.2, -0.15) is 0 Å². The number of carbonyl (C=O) groups excluding carboxylic acids is 1. The van der Waals surface area contributed by atoms with E-state index in [-0.39, 0.29) is 18.1 Å². The minimum absolute atomic E-state index is 0.0266. The summed E-state index contributed by atoms with van der Waals surface area (Å²) in [5.74, 6) is -1.81. The quantitative estimate of drug-likeness (QED) is 0.775. The van der Waals surface area contributed by atoms with Crippen LogP contribution in [0.25, 0.3) is 0 Å². The number of aromatic carboxylic acids is 1. The smallest absolute Gasteiger partial charge is 0.371 e. The number of nitrogens with zero attached hydrogens (tertiary/aromatic N) is 1. The van der Waals surface area contributed by atoms with Crippen LogP contribution in [0.1, 0.15) is 16.3 Å². The first-order chi connectivity index (χ1) is 9.97. The largest absolute Gasteiger partial charge is 0.478 e. The molecule has 0 bridgehead atoms. The van der Waals surface area contributed by atoms with Gasteiger partial charge < -0.3 is 24.6 Å². The van der Waals surface area contributed by atoms with Gasteiger partial charge in [0.25, 0.3) is 11.5 Å². The summed E-state index contributed by atoms with van der Waals surface area (Å²) in [5.41, 5.74) is 4.46. The third kappa shape index (κ3) is 3.50. The number of hydrogen-bond donors (Lipinski definition) is 2. The van der Waals surface area contributed by atoms with Crippen LogP contribution in [0.5, 0.6) is 5.75 Å². The van der Waals surface area contributed by atoms with Crippen LogP contribution in [-0.2, 0) is 11.3 Å². The third-order valence-electron chi connectivity index (χ3n) is 2.55. The Bertz CT molecular complexity index is 730. The summed E-state index contributed by atoms with van der Waals surface area (Å²) < 4.78 is 11.3. The van der Waals surface area contributed by atoms with Crippen molar-refractivity contribution in [2.75, 3.05) is 6.61 Å². The van der Waals surface area contributed by atoms with E-state index in [1.165, 1.54) is 29.0 Å². The zero-order valence-electron chi connectivity index (χ0n) is 10.8. The number of rotatable bonds is 6. The van der Waals surface area contributed by atoms with Crippen molar-refractivity contribution in [3.05, 3.63) is 52.3 Å². The van der Waals surface area contributed by atoms with Crippen LogP contribution in [0.3, 0.4) is 0 Å². The maximum atomic E-state index is 12.1. The second kappa shape index (κ2) is 5.95. The fourth-order valence-corrected chi connectivity index (χ4v) is 1.64. The van der Waals surface area contributed by atoms with Gasteiger partial charge in [-0.3, -0.25) is 9.59 Å². The highest BCUT2D eigenvalue weighted by Gasteiger charge is 2.11. The van der Waals surface area contributed by atoms with Crippen molar-refractivity contribution >= 4 is 11.9 Å². The summed E-state index contributed by atoms with van der Waals surface area (Å²) in [6, 6.07) is 5.73. The molecule has 2 aromatic heterocycles. The SMILES string of the molecule is NC(=O)COc1cccn(Cc2ccc(C(=O)O)o2)c1=O. The number of carboxylic acid groups (broad SMARTS) is 1. The van der Waals surface area contributed by atoms with E-state index in [1.807, 2.05) is 0 Å². The lowest BCUT2D eigenvalue weighted by molar-refractivity contribution is -0.119. The van der Waals surface area contributed by atoms with Gasteiger partial charge in [-0.1, -0.05) is 0 Å². The van der Waals surface area contributed by atoms with E-state index in [9.17, 15) is 14.4 Å². The van der Waals surface area contributed by atoms with Gasteiger partial charge in [-0.05, 0) is 24.3 Å². The second-order valence-corrected chi connectivity index (χ2v) is 4.13. The Labute approximate surface area is 118 Å². The standard InChI is InChI=1S/C13H12N2O6/c14-11(16)7-20-9-2-1-5-15(12(9)17)6-8-3-4-10(21-8)13(18)19/h1-5H,6-7H2,(H2,14,16)(H,18,19). The van der Waals surface area contributed by atoms with Crippen LogP contribution in [0, 0.1) is 0 Å². The monoisotopic (exact) mass is 292 g/mol. The van der Waals surface area contributed by atoms with Gasteiger partial charge in [0.05, 0.1) is 6.54 Å². The number of ether oxygens (including phenoxy) is 1. The Morgan fingerprint density at radius 2 is 2.10 bits per heavy atom. The molecule has 0 unspecified atom stereocenters. The number of nitrogens with two attached hydrogens (primary N) is 1. The van der Waals surface area contributed by atoms with Crippen molar-refractivity contribution in [2.45, 2.75) is 6.54 Å². The molecule has 1 amide bonds. The van der Waals surface area contributed by atoms with Crippen LogP contribution in [0.4, 0.5) is 0 Å². The van der Waals surface area contributed by atoms with E-state index in [2.05, 4.69) is 0 Å². The summed E-state index contributed by atoms with van der Waals surface area (Å²) in [7, 11) is 0. The van der Waals surface area contributed by atoms with Gasteiger partial charge in [-0.25, -0.2) is 4.79 Å². The first-order valence-corrected chi connectivity index (χ1v) is 5.90. The number of amides is 1. The van der Waals surface area contributed by atoms with Crippen LogP contribution >= 0.6 is 0 Å². The van der Waals surface area contributed by atoms with Gasteiger partial charge in [0.1, 0.15) is 5.76 Å². The average molecular weight is 292 g/mol. The molecule has 21 heavy (non-hydrogen) atoms. The summed E-state index contributed by atoms with van der Waals surface area (Å²) in [5, 5.41) is 8.76. The molecule has 0 atom stereocenters. The molecule has 0 aromatic carbocycles. The molecule has 0 aliphatic carbocycles. The van der Waals surface area contributed by atoms with Gasteiger partial charge in [0.2, 0.25) is 5.76 Å². The van der Waals surface area contributed by atoms with Crippen LogP contribution in [0.2, 0.25) is 0 Å². The summed E-state index contributed by atoms with van der Waals surface area (Å²) in [6.45, 7) is -0.358. The van der Waals surface area contributed by atoms with Crippen molar-refractivity contribution in [3.8, 4) is 5.75 Å². The molecule has 8 heteroatoms.